The van der Waals surface area contributed by atoms with E-state index in [2.05, 4.69) is 12.2 Å². The number of nitrogens with one attached hydrogen (secondary N) is 1. The molecule has 1 saturated heterocycles. The van der Waals surface area contributed by atoms with Crippen LogP contribution in [-0.2, 0) is 9.59 Å². The molecule has 1 heterocycles. The molecule has 2 atom stereocenters. The Balaban J connectivity index is 2.11. The van der Waals surface area contributed by atoms with Gasteiger partial charge in [0.05, 0.1) is 6.54 Å². The number of hydrogen-bond donors (Lipinski definition) is 1. The number of hydrogen-bond acceptors (Lipinski definition) is 2. The van der Waals surface area contributed by atoms with Crippen LogP contribution in [-0.4, -0.2) is 35.3 Å². The molecule has 2 unspecified atom stereocenters. The molecule has 1 aliphatic heterocycles. The van der Waals surface area contributed by atoms with Crippen molar-refractivity contribution in [3.8, 4) is 0 Å². The van der Waals surface area contributed by atoms with Crippen molar-refractivity contribution in [2.75, 3.05) is 6.54 Å². The lowest BCUT2D eigenvalue weighted by atomic mass is 9.83. The van der Waals surface area contributed by atoms with Crippen LogP contribution in [0.4, 0.5) is 0 Å². The first-order chi connectivity index (χ1) is 8.65. The summed E-state index contributed by atoms with van der Waals surface area (Å²) in [4.78, 5) is 25.8. The number of nitrogens with zero attached hydrogens (tertiary/aromatic N) is 1. The molecule has 1 aliphatic carbocycles. The number of carbonyl (C=O) groups excluding carboxylic acids is 2. The molecule has 102 valence electrons. The summed E-state index contributed by atoms with van der Waals surface area (Å²) in [6.07, 6.45) is 6.94. The topological polar surface area (TPSA) is 49.4 Å². The highest BCUT2D eigenvalue weighted by Crippen LogP contribution is 2.30. The number of carbonyl (C=O) groups is 2. The van der Waals surface area contributed by atoms with Gasteiger partial charge >= 0.3 is 0 Å². The molecule has 2 amide bonds. The van der Waals surface area contributed by atoms with E-state index in [4.69, 9.17) is 0 Å². The van der Waals surface area contributed by atoms with Crippen molar-refractivity contribution in [2.45, 2.75) is 64.5 Å². The summed E-state index contributed by atoms with van der Waals surface area (Å²) >= 11 is 0. The largest absolute Gasteiger partial charge is 0.345 e. The summed E-state index contributed by atoms with van der Waals surface area (Å²) in [7, 11) is 0. The standard InChI is InChI=1S/C14H24N2O2/c1-3-12-14(18)15-9-13(17)16(12)10(2)11-7-5-4-6-8-11/h10-12H,3-9H2,1-2H3,(H,15,18). The van der Waals surface area contributed by atoms with Crippen LogP contribution in [0.15, 0.2) is 0 Å². The van der Waals surface area contributed by atoms with Crippen molar-refractivity contribution in [1.82, 2.24) is 10.2 Å². The Labute approximate surface area is 109 Å². The minimum absolute atomic E-state index is 0.0137. The van der Waals surface area contributed by atoms with Crippen molar-refractivity contribution in [3.05, 3.63) is 0 Å². The van der Waals surface area contributed by atoms with Crippen molar-refractivity contribution < 1.29 is 9.59 Å². The van der Waals surface area contributed by atoms with Crippen LogP contribution in [0.5, 0.6) is 0 Å². The van der Waals surface area contributed by atoms with Crippen molar-refractivity contribution in [3.63, 3.8) is 0 Å². The maximum atomic E-state index is 12.1. The normalized spacial score (nSPS) is 28.1. The molecule has 4 heteroatoms. The lowest BCUT2D eigenvalue weighted by molar-refractivity contribution is -0.149. The Hall–Kier alpha value is -1.06. The monoisotopic (exact) mass is 252 g/mol. The van der Waals surface area contributed by atoms with Crippen LogP contribution in [0.2, 0.25) is 0 Å². The third kappa shape index (κ3) is 2.52. The van der Waals surface area contributed by atoms with Gasteiger partial charge in [0.1, 0.15) is 6.04 Å². The van der Waals surface area contributed by atoms with Gasteiger partial charge in [0.15, 0.2) is 0 Å². The molecule has 1 N–H and O–H groups in total. The lowest BCUT2D eigenvalue weighted by Gasteiger charge is -2.42. The zero-order chi connectivity index (χ0) is 13.1. The van der Waals surface area contributed by atoms with Crippen molar-refractivity contribution >= 4 is 11.8 Å². The molecule has 1 saturated carbocycles. The molecular weight excluding hydrogens is 228 g/mol. The van der Waals surface area contributed by atoms with E-state index in [1.807, 2.05) is 11.8 Å². The third-order valence-corrected chi connectivity index (χ3v) is 4.50. The minimum atomic E-state index is -0.261. The number of piperazine rings is 1. The second kappa shape index (κ2) is 5.72. The van der Waals surface area contributed by atoms with Gasteiger partial charge in [-0.05, 0) is 32.1 Å². The zero-order valence-electron chi connectivity index (χ0n) is 11.4. The molecular formula is C14H24N2O2. The Morgan fingerprint density at radius 1 is 1.28 bits per heavy atom. The van der Waals surface area contributed by atoms with Crippen molar-refractivity contribution in [2.24, 2.45) is 5.92 Å². The summed E-state index contributed by atoms with van der Waals surface area (Å²) in [5.41, 5.74) is 0. The molecule has 0 bridgehead atoms. The second-order valence-electron chi connectivity index (χ2n) is 5.58. The number of amides is 2. The zero-order valence-corrected chi connectivity index (χ0v) is 11.4. The lowest BCUT2D eigenvalue weighted by Crippen LogP contribution is -2.62. The van der Waals surface area contributed by atoms with Crippen LogP contribution in [0.25, 0.3) is 0 Å². The quantitative estimate of drug-likeness (QED) is 0.831. The van der Waals surface area contributed by atoms with Gasteiger partial charge in [-0.2, -0.15) is 0 Å². The maximum absolute atomic E-state index is 12.1. The van der Waals surface area contributed by atoms with Gasteiger partial charge in [-0.3, -0.25) is 9.59 Å². The van der Waals surface area contributed by atoms with Crippen LogP contribution >= 0.6 is 0 Å². The Morgan fingerprint density at radius 3 is 2.56 bits per heavy atom. The van der Waals surface area contributed by atoms with Crippen LogP contribution in [0.1, 0.15) is 52.4 Å². The minimum Gasteiger partial charge on any atom is -0.345 e. The van der Waals surface area contributed by atoms with Crippen LogP contribution < -0.4 is 5.32 Å². The van der Waals surface area contributed by atoms with Gasteiger partial charge in [0.2, 0.25) is 11.8 Å². The van der Waals surface area contributed by atoms with Gasteiger partial charge in [0, 0.05) is 6.04 Å². The molecule has 0 radical (unpaired) electrons. The van der Waals surface area contributed by atoms with E-state index in [9.17, 15) is 9.59 Å². The summed E-state index contributed by atoms with van der Waals surface area (Å²) in [5, 5.41) is 2.69. The fourth-order valence-corrected chi connectivity index (χ4v) is 3.41. The fraction of sp³-hybridized carbons (Fsp3) is 0.857. The molecule has 18 heavy (non-hydrogen) atoms. The van der Waals surface area contributed by atoms with E-state index in [0.717, 1.165) is 0 Å². The van der Waals surface area contributed by atoms with E-state index in [1.165, 1.54) is 32.1 Å². The molecule has 0 spiro atoms. The molecule has 0 aromatic rings. The van der Waals surface area contributed by atoms with Gasteiger partial charge in [-0.1, -0.05) is 26.2 Å². The Morgan fingerprint density at radius 2 is 1.94 bits per heavy atom. The Kier molecular flexibility index (Phi) is 4.25. The van der Waals surface area contributed by atoms with E-state index in [0.29, 0.717) is 12.3 Å². The first kappa shape index (κ1) is 13.4. The predicted molar refractivity (Wildman–Crippen MR) is 70.0 cm³/mol. The molecule has 0 aromatic heterocycles. The average Bonchev–Trinajstić information content (AvgIpc) is 2.41. The van der Waals surface area contributed by atoms with Gasteiger partial charge in [0.25, 0.3) is 0 Å². The molecule has 2 rings (SSSR count). The summed E-state index contributed by atoms with van der Waals surface area (Å²) < 4.78 is 0. The fourth-order valence-electron chi connectivity index (χ4n) is 3.41. The number of rotatable bonds is 3. The average molecular weight is 252 g/mol. The summed E-state index contributed by atoms with van der Waals surface area (Å²) in [6, 6.07) is -0.0584. The summed E-state index contributed by atoms with van der Waals surface area (Å²) in [5.74, 6) is 0.668. The van der Waals surface area contributed by atoms with E-state index < -0.39 is 0 Å². The first-order valence-electron chi connectivity index (χ1n) is 7.24. The van der Waals surface area contributed by atoms with Crippen molar-refractivity contribution in [1.29, 1.82) is 0 Å². The van der Waals surface area contributed by atoms with Gasteiger partial charge < -0.3 is 10.2 Å². The first-order valence-corrected chi connectivity index (χ1v) is 7.24. The summed E-state index contributed by atoms with van der Waals surface area (Å²) in [6.45, 7) is 4.27. The van der Waals surface area contributed by atoms with E-state index in [1.54, 1.807) is 0 Å². The van der Waals surface area contributed by atoms with Gasteiger partial charge in [-0.25, -0.2) is 0 Å². The maximum Gasteiger partial charge on any atom is 0.243 e. The third-order valence-electron chi connectivity index (χ3n) is 4.50. The predicted octanol–water partition coefficient (Wildman–Crippen LogP) is 1.69. The second-order valence-corrected chi connectivity index (χ2v) is 5.58. The van der Waals surface area contributed by atoms with Crippen LogP contribution in [0, 0.1) is 5.92 Å². The molecule has 0 aromatic carbocycles. The van der Waals surface area contributed by atoms with E-state index in [-0.39, 0.29) is 30.4 Å². The molecule has 2 aliphatic rings. The highest BCUT2D eigenvalue weighted by molar-refractivity contribution is 5.94. The molecule has 4 nitrogen and oxygen atoms in total. The highest BCUT2D eigenvalue weighted by atomic mass is 16.2. The van der Waals surface area contributed by atoms with Gasteiger partial charge in [-0.15, -0.1) is 0 Å². The molecule has 2 fully saturated rings. The van der Waals surface area contributed by atoms with E-state index >= 15 is 0 Å². The Bertz CT molecular complexity index is 324. The van der Waals surface area contributed by atoms with Crippen LogP contribution in [0.3, 0.4) is 0 Å². The SMILES string of the molecule is CCC1C(=O)NCC(=O)N1C(C)C1CCCCC1. The highest BCUT2D eigenvalue weighted by Gasteiger charge is 2.38. The smallest absolute Gasteiger partial charge is 0.243 e.